The van der Waals surface area contributed by atoms with Crippen molar-refractivity contribution in [2.75, 3.05) is 27.3 Å². The number of aromatic nitrogens is 2. The van der Waals surface area contributed by atoms with Gasteiger partial charge in [-0.3, -0.25) is 4.90 Å². The van der Waals surface area contributed by atoms with Crippen molar-refractivity contribution in [2.24, 2.45) is 5.92 Å². The molecule has 1 aliphatic heterocycles. The van der Waals surface area contributed by atoms with Crippen LogP contribution in [0.1, 0.15) is 57.3 Å². The predicted octanol–water partition coefficient (Wildman–Crippen LogP) is 4.96. The molecule has 0 saturated carbocycles. The molecule has 3 aromatic rings. The van der Waals surface area contributed by atoms with Gasteiger partial charge in [0.15, 0.2) is 5.69 Å². The average molecular weight is 476 g/mol. The van der Waals surface area contributed by atoms with E-state index in [4.69, 9.17) is 14.6 Å². The summed E-state index contributed by atoms with van der Waals surface area (Å²) < 4.78 is 11.6. The van der Waals surface area contributed by atoms with E-state index in [2.05, 4.69) is 30.9 Å². The van der Waals surface area contributed by atoms with Crippen molar-refractivity contribution in [3.63, 3.8) is 0 Å². The van der Waals surface area contributed by atoms with Crippen molar-refractivity contribution in [1.29, 1.82) is 0 Å². The largest absolute Gasteiger partial charge is 0.465 e. The summed E-state index contributed by atoms with van der Waals surface area (Å²) in [5, 5.41) is 4.78. The SMILES string of the molecule is COC(=O)c1c(-c2cc(CN3CCC(C)CC3)c(C)cc2C)nn(-c2ccccc2)c1C(=O)OC. The monoisotopic (exact) mass is 475 g/mol. The highest BCUT2D eigenvalue weighted by Gasteiger charge is 2.32. The maximum Gasteiger partial charge on any atom is 0.357 e. The maximum absolute atomic E-state index is 13.0. The Bertz CT molecular complexity index is 1220. The molecule has 2 heterocycles. The van der Waals surface area contributed by atoms with E-state index >= 15 is 0 Å². The number of piperidine rings is 1. The van der Waals surface area contributed by atoms with E-state index in [1.54, 1.807) is 0 Å². The Morgan fingerprint density at radius 1 is 0.971 bits per heavy atom. The molecule has 1 fully saturated rings. The molecule has 2 aromatic carbocycles. The number of likely N-dealkylation sites (tertiary alicyclic amines) is 1. The number of hydrogen-bond acceptors (Lipinski definition) is 6. The van der Waals surface area contributed by atoms with Crippen LogP contribution in [0.15, 0.2) is 42.5 Å². The fourth-order valence-electron chi connectivity index (χ4n) is 4.73. The van der Waals surface area contributed by atoms with Crippen molar-refractivity contribution in [3.05, 3.63) is 70.4 Å². The van der Waals surface area contributed by atoms with Crippen LogP contribution in [0.4, 0.5) is 0 Å². The predicted molar refractivity (Wildman–Crippen MR) is 135 cm³/mol. The second-order valence-electron chi connectivity index (χ2n) is 9.36. The quantitative estimate of drug-likeness (QED) is 0.469. The highest BCUT2D eigenvalue weighted by atomic mass is 16.5. The molecule has 0 N–H and O–H groups in total. The summed E-state index contributed by atoms with van der Waals surface area (Å²) in [5.74, 6) is -0.517. The molecule has 0 atom stereocenters. The maximum atomic E-state index is 13.0. The first-order valence-electron chi connectivity index (χ1n) is 12.0. The van der Waals surface area contributed by atoms with Gasteiger partial charge in [0.25, 0.3) is 0 Å². The number of esters is 2. The fraction of sp³-hybridized carbons (Fsp3) is 0.393. The van der Waals surface area contributed by atoms with Gasteiger partial charge in [0.2, 0.25) is 0 Å². The standard InChI is InChI=1S/C28H33N3O4/c1-18-11-13-30(14-12-18)17-21-16-23(20(3)15-19(21)2)25-24(27(32)34-4)26(28(33)35-5)31(29-25)22-9-7-6-8-10-22/h6-10,15-16,18H,11-14,17H2,1-5H3. The molecule has 1 aliphatic rings. The lowest BCUT2D eigenvalue weighted by atomic mass is 9.94. The Balaban J connectivity index is 1.88. The lowest BCUT2D eigenvalue weighted by Crippen LogP contribution is -2.32. The number of carbonyl (C=O) groups is 2. The lowest BCUT2D eigenvalue weighted by Gasteiger charge is -2.30. The molecular formula is C28H33N3O4. The van der Waals surface area contributed by atoms with Crippen LogP contribution < -0.4 is 0 Å². The summed E-state index contributed by atoms with van der Waals surface area (Å²) in [6.07, 6.45) is 2.41. The van der Waals surface area contributed by atoms with Crippen molar-refractivity contribution in [3.8, 4) is 16.9 Å². The molecule has 35 heavy (non-hydrogen) atoms. The van der Waals surface area contributed by atoms with Gasteiger partial charge in [-0.05, 0) is 80.6 Å². The summed E-state index contributed by atoms with van der Waals surface area (Å²) in [7, 11) is 2.60. The van der Waals surface area contributed by atoms with Gasteiger partial charge in [-0.1, -0.05) is 31.2 Å². The third-order valence-corrected chi connectivity index (χ3v) is 6.86. The zero-order valence-corrected chi connectivity index (χ0v) is 21.1. The molecule has 0 bridgehead atoms. The molecule has 1 saturated heterocycles. The van der Waals surface area contributed by atoms with Crippen molar-refractivity contribution in [1.82, 2.24) is 14.7 Å². The smallest absolute Gasteiger partial charge is 0.357 e. The van der Waals surface area contributed by atoms with Crippen molar-refractivity contribution in [2.45, 2.75) is 40.2 Å². The van der Waals surface area contributed by atoms with Gasteiger partial charge in [0.1, 0.15) is 11.3 Å². The third-order valence-electron chi connectivity index (χ3n) is 6.86. The van der Waals surface area contributed by atoms with Crippen LogP contribution in [0, 0.1) is 19.8 Å². The number of hydrogen-bond donors (Lipinski definition) is 0. The number of methoxy groups -OCH3 is 2. The molecular weight excluding hydrogens is 442 g/mol. The summed E-state index contributed by atoms with van der Waals surface area (Å²) >= 11 is 0. The van der Waals surface area contributed by atoms with Gasteiger partial charge in [-0.25, -0.2) is 14.3 Å². The number of benzene rings is 2. The van der Waals surface area contributed by atoms with Gasteiger partial charge in [-0.2, -0.15) is 5.10 Å². The zero-order valence-electron chi connectivity index (χ0n) is 21.1. The number of aryl methyl sites for hydroxylation is 2. The summed E-state index contributed by atoms with van der Waals surface area (Å²) in [4.78, 5) is 28.4. The molecule has 7 heteroatoms. The van der Waals surface area contributed by atoms with E-state index in [0.717, 1.165) is 36.7 Å². The van der Waals surface area contributed by atoms with Crippen molar-refractivity contribution < 1.29 is 19.1 Å². The normalized spacial score (nSPS) is 14.7. The Morgan fingerprint density at radius 2 is 1.63 bits per heavy atom. The Labute approximate surface area is 206 Å². The van der Waals surface area contributed by atoms with E-state index < -0.39 is 11.9 Å². The Hall–Kier alpha value is -3.45. The van der Waals surface area contributed by atoms with Gasteiger partial charge < -0.3 is 9.47 Å². The van der Waals surface area contributed by atoms with Crippen LogP contribution >= 0.6 is 0 Å². The number of para-hydroxylation sites is 1. The van der Waals surface area contributed by atoms with Gasteiger partial charge >= 0.3 is 11.9 Å². The zero-order chi connectivity index (χ0) is 25.1. The number of ether oxygens (including phenoxy) is 2. The van der Waals surface area contributed by atoms with E-state index in [0.29, 0.717) is 11.4 Å². The minimum atomic E-state index is -0.652. The second kappa shape index (κ2) is 10.4. The van der Waals surface area contributed by atoms with E-state index in [1.807, 2.05) is 37.3 Å². The van der Waals surface area contributed by atoms with Crippen LogP contribution in [-0.2, 0) is 16.0 Å². The first-order chi connectivity index (χ1) is 16.8. The molecule has 0 aliphatic carbocycles. The van der Waals surface area contributed by atoms with Crippen LogP contribution in [0.5, 0.6) is 0 Å². The first-order valence-corrected chi connectivity index (χ1v) is 12.0. The van der Waals surface area contributed by atoms with Crippen LogP contribution in [-0.4, -0.2) is 53.9 Å². The molecule has 184 valence electrons. The molecule has 7 nitrogen and oxygen atoms in total. The highest BCUT2D eigenvalue weighted by Crippen LogP contribution is 2.33. The second-order valence-corrected chi connectivity index (χ2v) is 9.36. The van der Waals surface area contributed by atoms with Crippen LogP contribution in [0.2, 0.25) is 0 Å². The first kappa shape index (κ1) is 24.7. The average Bonchev–Trinajstić information content (AvgIpc) is 3.27. The van der Waals surface area contributed by atoms with E-state index in [1.165, 1.54) is 42.9 Å². The van der Waals surface area contributed by atoms with Gasteiger partial charge in [0.05, 0.1) is 19.9 Å². The summed E-state index contributed by atoms with van der Waals surface area (Å²) in [6, 6.07) is 13.5. The van der Waals surface area contributed by atoms with Crippen LogP contribution in [0.3, 0.4) is 0 Å². The minimum absolute atomic E-state index is 0.0482. The molecule has 1 aromatic heterocycles. The summed E-state index contributed by atoms with van der Waals surface area (Å²) in [5.41, 5.74) is 5.36. The molecule has 4 rings (SSSR count). The van der Waals surface area contributed by atoms with Crippen molar-refractivity contribution >= 4 is 11.9 Å². The van der Waals surface area contributed by atoms with Gasteiger partial charge in [-0.15, -0.1) is 0 Å². The Kier molecular flexibility index (Phi) is 7.36. The lowest BCUT2D eigenvalue weighted by molar-refractivity contribution is 0.0549. The molecule has 0 amide bonds. The van der Waals surface area contributed by atoms with Gasteiger partial charge in [0, 0.05) is 12.1 Å². The number of rotatable bonds is 6. The molecule has 0 unspecified atom stereocenters. The fourth-order valence-corrected chi connectivity index (χ4v) is 4.73. The highest BCUT2D eigenvalue weighted by molar-refractivity contribution is 6.07. The summed E-state index contributed by atoms with van der Waals surface area (Å²) in [6.45, 7) is 9.40. The Morgan fingerprint density at radius 3 is 2.26 bits per heavy atom. The van der Waals surface area contributed by atoms with Crippen LogP contribution in [0.25, 0.3) is 16.9 Å². The topological polar surface area (TPSA) is 73.7 Å². The number of carbonyl (C=O) groups excluding carboxylic acids is 2. The van der Waals surface area contributed by atoms with E-state index in [9.17, 15) is 9.59 Å². The minimum Gasteiger partial charge on any atom is -0.465 e. The van der Waals surface area contributed by atoms with E-state index in [-0.39, 0.29) is 11.3 Å². The third kappa shape index (κ3) is 5.00. The molecule has 0 spiro atoms. The number of nitrogens with zero attached hydrogens (tertiary/aromatic N) is 3. The molecule has 0 radical (unpaired) electrons.